The maximum atomic E-state index is 11.2. The lowest BCUT2D eigenvalue weighted by Gasteiger charge is -1.97. The van der Waals surface area contributed by atoms with E-state index in [1.54, 1.807) is 18.2 Å². The zero-order valence-electron chi connectivity index (χ0n) is 6.32. The Bertz CT molecular complexity index is 426. The van der Waals surface area contributed by atoms with E-state index in [0.717, 1.165) is 5.39 Å². The van der Waals surface area contributed by atoms with E-state index in [0.29, 0.717) is 11.3 Å². The molecule has 0 aliphatic carbocycles. The van der Waals surface area contributed by atoms with E-state index in [2.05, 4.69) is 4.98 Å². The minimum atomic E-state index is -0.0835. The van der Waals surface area contributed by atoms with Crippen LogP contribution in [-0.4, -0.2) is 4.98 Å². The van der Waals surface area contributed by atoms with Gasteiger partial charge in [0.1, 0.15) is 11.3 Å². The summed E-state index contributed by atoms with van der Waals surface area (Å²) in [7, 11) is 0. The molecule has 2 aromatic rings. The third-order valence-electron chi connectivity index (χ3n) is 1.70. The molecule has 0 saturated carbocycles. The number of hydrogen-bond acceptors (Lipinski definition) is 2. The molecule has 0 bridgehead atoms. The predicted octanol–water partition coefficient (Wildman–Crippen LogP) is 1.96. The molecule has 0 aliphatic rings. The molecule has 1 aromatic heterocycles. The van der Waals surface area contributed by atoms with E-state index >= 15 is 0 Å². The molecule has 0 fully saturated rings. The summed E-state index contributed by atoms with van der Waals surface area (Å²) in [5.74, 6) is 0.297. The van der Waals surface area contributed by atoms with Gasteiger partial charge in [0.15, 0.2) is 0 Å². The Morgan fingerprint density at radius 1 is 1.17 bits per heavy atom. The summed E-state index contributed by atoms with van der Waals surface area (Å²) >= 11 is 0. The molecule has 12 heavy (non-hydrogen) atoms. The van der Waals surface area contributed by atoms with Crippen molar-refractivity contribution in [3.8, 4) is 5.75 Å². The molecule has 1 aromatic carbocycles. The van der Waals surface area contributed by atoms with E-state index in [1.165, 1.54) is 6.07 Å². The zero-order valence-corrected chi connectivity index (χ0v) is 6.32. The Balaban J connectivity index is 2.88. The summed E-state index contributed by atoms with van der Waals surface area (Å²) in [6.07, 6.45) is 0. The van der Waals surface area contributed by atoms with E-state index in [4.69, 9.17) is 5.73 Å². The molecule has 2 rings (SSSR count). The van der Waals surface area contributed by atoms with Crippen LogP contribution in [0.3, 0.4) is 0 Å². The van der Waals surface area contributed by atoms with Crippen molar-refractivity contribution in [3.05, 3.63) is 30.3 Å². The van der Waals surface area contributed by atoms with Gasteiger partial charge in [-0.3, -0.25) is 5.11 Å². The highest BCUT2D eigenvalue weighted by molar-refractivity contribution is 5.85. The zero-order chi connectivity index (χ0) is 8.55. The number of benzene rings is 1. The van der Waals surface area contributed by atoms with Crippen LogP contribution in [0.25, 0.3) is 10.9 Å². The highest BCUT2D eigenvalue weighted by Crippen LogP contribution is 2.23. The molecular weight excluding hydrogens is 152 g/mol. The van der Waals surface area contributed by atoms with Gasteiger partial charge >= 0.3 is 0 Å². The average molecular weight is 159 g/mol. The molecule has 0 aliphatic heterocycles. The van der Waals surface area contributed by atoms with Gasteiger partial charge in [0.2, 0.25) is 5.75 Å². The number of nitrogens with two attached hydrogens (primary N) is 1. The molecule has 1 radical (unpaired) electrons. The monoisotopic (exact) mass is 159 g/mol. The Morgan fingerprint density at radius 3 is 2.83 bits per heavy atom. The first-order valence-corrected chi connectivity index (χ1v) is 3.59. The van der Waals surface area contributed by atoms with Gasteiger partial charge in [-0.1, -0.05) is 12.1 Å². The first-order valence-electron chi connectivity index (χ1n) is 3.59. The maximum Gasteiger partial charge on any atom is 0.204 e. The topological polar surface area (TPSA) is 58.8 Å². The summed E-state index contributed by atoms with van der Waals surface area (Å²) in [5, 5.41) is 12.0. The van der Waals surface area contributed by atoms with Gasteiger partial charge < -0.3 is 5.73 Å². The van der Waals surface area contributed by atoms with Crippen molar-refractivity contribution in [2.45, 2.75) is 0 Å². The number of nitrogens with zero attached hydrogens (tertiary/aromatic N) is 1. The van der Waals surface area contributed by atoms with E-state index in [-0.39, 0.29) is 5.75 Å². The Morgan fingerprint density at radius 2 is 2.00 bits per heavy atom. The molecule has 0 unspecified atom stereocenters. The lowest BCUT2D eigenvalue weighted by molar-refractivity contribution is 0.359. The van der Waals surface area contributed by atoms with Crippen LogP contribution < -0.4 is 5.73 Å². The smallest absolute Gasteiger partial charge is 0.204 e. The molecule has 0 spiro atoms. The minimum absolute atomic E-state index is 0.0835. The number of anilines is 1. The quantitative estimate of drug-likeness (QED) is 0.638. The van der Waals surface area contributed by atoms with Gasteiger partial charge in [-0.15, -0.1) is 0 Å². The van der Waals surface area contributed by atoms with E-state index < -0.39 is 0 Å². The fraction of sp³-hybridized carbons (Fsp3) is 0. The third-order valence-corrected chi connectivity index (χ3v) is 1.70. The van der Waals surface area contributed by atoms with Crippen LogP contribution in [0, 0.1) is 0 Å². The third kappa shape index (κ3) is 0.955. The Labute approximate surface area is 69.5 Å². The van der Waals surface area contributed by atoms with Crippen LogP contribution in [0.5, 0.6) is 5.75 Å². The van der Waals surface area contributed by atoms with Crippen molar-refractivity contribution in [2.75, 3.05) is 5.73 Å². The fourth-order valence-electron chi connectivity index (χ4n) is 1.13. The van der Waals surface area contributed by atoms with Crippen LogP contribution in [0.2, 0.25) is 0 Å². The number of aromatic nitrogens is 1. The van der Waals surface area contributed by atoms with Gasteiger partial charge in [-0.05, 0) is 18.2 Å². The number of pyridine rings is 1. The molecule has 1 heterocycles. The number of para-hydroxylation sites is 1. The minimum Gasteiger partial charge on any atom is -0.384 e. The highest BCUT2D eigenvalue weighted by atomic mass is 16.3. The Kier molecular flexibility index (Phi) is 1.37. The maximum absolute atomic E-state index is 11.2. The second-order valence-electron chi connectivity index (χ2n) is 2.56. The summed E-state index contributed by atoms with van der Waals surface area (Å²) in [5.41, 5.74) is 5.88. The first-order chi connectivity index (χ1) is 5.77. The van der Waals surface area contributed by atoms with Crippen molar-refractivity contribution >= 4 is 16.7 Å². The number of rotatable bonds is 0. The molecule has 2 N–H and O–H groups in total. The second kappa shape index (κ2) is 2.37. The van der Waals surface area contributed by atoms with Crippen LogP contribution in [0.1, 0.15) is 0 Å². The van der Waals surface area contributed by atoms with E-state index in [9.17, 15) is 5.11 Å². The number of fused-ring (bicyclic) bond motifs is 1. The van der Waals surface area contributed by atoms with Gasteiger partial charge in [0.05, 0.1) is 0 Å². The molecular formula is C9H7N2O. The molecule has 59 valence electrons. The van der Waals surface area contributed by atoms with Gasteiger partial charge in [-0.25, -0.2) is 4.98 Å². The van der Waals surface area contributed by atoms with Gasteiger partial charge in [0.25, 0.3) is 0 Å². The number of nitrogen functional groups attached to an aromatic ring is 1. The fourth-order valence-corrected chi connectivity index (χ4v) is 1.13. The van der Waals surface area contributed by atoms with Crippen LogP contribution >= 0.6 is 0 Å². The molecule has 3 heteroatoms. The summed E-state index contributed by atoms with van der Waals surface area (Å²) in [4.78, 5) is 3.94. The molecule has 0 atom stereocenters. The van der Waals surface area contributed by atoms with Gasteiger partial charge in [0, 0.05) is 5.39 Å². The predicted molar refractivity (Wildman–Crippen MR) is 46.3 cm³/mol. The van der Waals surface area contributed by atoms with E-state index in [1.807, 2.05) is 6.07 Å². The van der Waals surface area contributed by atoms with Crippen LogP contribution in [0.15, 0.2) is 30.3 Å². The Hall–Kier alpha value is -1.77. The van der Waals surface area contributed by atoms with Crippen LogP contribution in [-0.2, 0) is 5.11 Å². The molecule has 0 amide bonds. The van der Waals surface area contributed by atoms with Crippen molar-refractivity contribution < 1.29 is 5.11 Å². The SMILES string of the molecule is Nc1ccc2cccc([O])c2n1. The average Bonchev–Trinajstić information content (AvgIpc) is 2.07. The lowest BCUT2D eigenvalue weighted by Crippen LogP contribution is -1.89. The summed E-state index contributed by atoms with van der Waals surface area (Å²) < 4.78 is 0. The van der Waals surface area contributed by atoms with Crippen LogP contribution in [0.4, 0.5) is 5.82 Å². The second-order valence-corrected chi connectivity index (χ2v) is 2.56. The van der Waals surface area contributed by atoms with Crippen molar-refractivity contribution in [2.24, 2.45) is 0 Å². The van der Waals surface area contributed by atoms with Crippen molar-refractivity contribution in [1.29, 1.82) is 0 Å². The lowest BCUT2D eigenvalue weighted by atomic mass is 10.2. The summed E-state index contributed by atoms with van der Waals surface area (Å²) in [6, 6.07) is 8.50. The molecule has 0 saturated heterocycles. The molecule has 3 nitrogen and oxygen atoms in total. The van der Waals surface area contributed by atoms with Gasteiger partial charge in [-0.2, -0.15) is 0 Å². The summed E-state index contributed by atoms with van der Waals surface area (Å²) in [6.45, 7) is 0. The largest absolute Gasteiger partial charge is 0.384 e. The number of hydrogen-bond donors (Lipinski definition) is 1. The highest BCUT2D eigenvalue weighted by Gasteiger charge is 2.01. The standard InChI is InChI=1S/C9H7N2O/c10-8-5-4-6-2-1-3-7(12)9(6)11-8/h1-5H,(H2,10,11). The van der Waals surface area contributed by atoms with Crippen molar-refractivity contribution in [1.82, 2.24) is 4.98 Å². The first kappa shape index (κ1) is 6.91. The normalized spacial score (nSPS) is 10.3. The van der Waals surface area contributed by atoms with Crippen molar-refractivity contribution in [3.63, 3.8) is 0 Å².